The molecule has 3 aromatic rings. The predicted molar refractivity (Wildman–Crippen MR) is 150 cm³/mol. The minimum Gasteiger partial charge on any atom is -0.381 e. The molecule has 0 radical (unpaired) electrons. The van der Waals surface area contributed by atoms with Crippen LogP contribution in [0.15, 0.2) is 37.1 Å². The van der Waals surface area contributed by atoms with Crippen LogP contribution in [0.2, 0.25) is 0 Å². The molecule has 2 aromatic heterocycles. The van der Waals surface area contributed by atoms with E-state index in [-0.39, 0.29) is 36.0 Å². The van der Waals surface area contributed by atoms with Crippen molar-refractivity contribution in [2.45, 2.75) is 51.6 Å². The maximum atomic E-state index is 14.8. The van der Waals surface area contributed by atoms with Gasteiger partial charge >= 0.3 is 0 Å². The zero-order valence-electron chi connectivity index (χ0n) is 22.8. The number of carbonyl (C=O) groups excluding carboxylic acids is 2. The fourth-order valence-electron chi connectivity index (χ4n) is 5.05. The highest BCUT2D eigenvalue weighted by Gasteiger charge is 2.31. The van der Waals surface area contributed by atoms with Crippen molar-refractivity contribution in [3.8, 4) is 0 Å². The number of nitrogens with one attached hydrogen (secondary N) is 3. The molecule has 1 unspecified atom stereocenters. The van der Waals surface area contributed by atoms with E-state index in [4.69, 9.17) is 9.72 Å². The van der Waals surface area contributed by atoms with Gasteiger partial charge in [0.05, 0.1) is 17.8 Å². The number of rotatable bonds is 9. The van der Waals surface area contributed by atoms with Gasteiger partial charge in [-0.05, 0) is 61.6 Å². The summed E-state index contributed by atoms with van der Waals surface area (Å²) in [5, 5.41) is 14.3. The third-order valence-corrected chi connectivity index (χ3v) is 7.25. The molecular formula is C28H35FN8O3. The maximum Gasteiger partial charge on any atom is 0.257 e. The second kappa shape index (κ2) is 12.1. The zero-order valence-corrected chi connectivity index (χ0v) is 22.8. The third-order valence-electron chi connectivity index (χ3n) is 7.25. The number of imide groups is 1. The molecular weight excluding hydrogens is 515 g/mol. The van der Waals surface area contributed by atoms with E-state index < -0.39 is 11.7 Å². The van der Waals surface area contributed by atoms with E-state index in [0.29, 0.717) is 55.8 Å². The highest BCUT2D eigenvalue weighted by atomic mass is 19.1. The lowest BCUT2D eigenvalue weighted by Gasteiger charge is -2.24. The third kappa shape index (κ3) is 5.97. The number of hydrogen-bond acceptors (Lipinski definition) is 9. The minimum absolute atomic E-state index is 0.162. The molecule has 2 fully saturated rings. The van der Waals surface area contributed by atoms with Gasteiger partial charge in [0.15, 0.2) is 5.65 Å². The van der Waals surface area contributed by atoms with Gasteiger partial charge < -0.3 is 20.7 Å². The molecule has 0 bridgehead atoms. The second-order valence-electron chi connectivity index (χ2n) is 10.5. The molecule has 5 rings (SSSR count). The molecule has 2 amide bonds. The van der Waals surface area contributed by atoms with E-state index in [9.17, 15) is 14.0 Å². The molecule has 12 heteroatoms. The summed E-state index contributed by atoms with van der Waals surface area (Å²) in [5.41, 5.74) is 2.35. The number of carbonyl (C=O) groups is 2. The Morgan fingerprint density at radius 2 is 2.05 bits per heavy atom. The Hall–Kier alpha value is -3.90. The average Bonchev–Trinajstić information content (AvgIpc) is 3.63. The standard InChI is InChI=1S/C28H35FN8O3/c1-4-24(38)36(26(39)19-5-8-30-15-19)22-12-18(11-20(29)13-22)14-31-28-35-27(33-21-6-9-40-10-7-21)34-25-23(17(2)3)16-32-37(25)28/h4,11-13,16-17,19,21,30H,1,5-10,14-15H2,2-3H3,(H2,31,33,34,35). The number of fused-ring (bicyclic) bond motifs is 1. The molecule has 3 N–H and O–H groups in total. The topological polar surface area (TPSA) is 126 Å². The average molecular weight is 551 g/mol. The molecule has 11 nitrogen and oxygen atoms in total. The monoisotopic (exact) mass is 550 g/mol. The van der Waals surface area contributed by atoms with Crippen LogP contribution in [0.25, 0.3) is 5.65 Å². The van der Waals surface area contributed by atoms with Crippen LogP contribution in [-0.2, 0) is 20.9 Å². The first-order valence-electron chi connectivity index (χ1n) is 13.7. The molecule has 2 saturated heterocycles. The number of aromatic nitrogens is 4. The van der Waals surface area contributed by atoms with E-state index in [1.54, 1.807) is 16.8 Å². The molecule has 4 heterocycles. The summed E-state index contributed by atoms with van der Waals surface area (Å²) in [5.74, 6) is -0.793. The van der Waals surface area contributed by atoms with Crippen LogP contribution < -0.4 is 20.9 Å². The lowest BCUT2D eigenvalue weighted by Crippen LogP contribution is -2.41. The van der Waals surface area contributed by atoms with Gasteiger partial charge in [-0.3, -0.25) is 9.59 Å². The molecule has 212 valence electrons. The van der Waals surface area contributed by atoms with Gasteiger partial charge in [0.2, 0.25) is 17.8 Å². The summed E-state index contributed by atoms with van der Waals surface area (Å²) < 4.78 is 21.9. The number of halogens is 1. The summed E-state index contributed by atoms with van der Waals surface area (Å²) in [6, 6.07) is 4.37. The van der Waals surface area contributed by atoms with E-state index in [1.165, 1.54) is 12.1 Å². The Balaban J connectivity index is 1.43. The molecule has 0 spiro atoms. The first kappa shape index (κ1) is 27.7. The van der Waals surface area contributed by atoms with Crippen molar-refractivity contribution < 1.29 is 18.7 Å². The van der Waals surface area contributed by atoms with Gasteiger partial charge in [-0.1, -0.05) is 20.4 Å². The van der Waals surface area contributed by atoms with Crippen LogP contribution in [0.5, 0.6) is 0 Å². The van der Waals surface area contributed by atoms with Crippen LogP contribution in [0.1, 0.15) is 50.2 Å². The molecule has 40 heavy (non-hydrogen) atoms. The van der Waals surface area contributed by atoms with Crippen LogP contribution >= 0.6 is 0 Å². The van der Waals surface area contributed by atoms with Crippen molar-refractivity contribution in [2.24, 2.45) is 5.92 Å². The number of amides is 2. The van der Waals surface area contributed by atoms with Crippen molar-refractivity contribution in [1.29, 1.82) is 0 Å². The first-order valence-corrected chi connectivity index (χ1v) is 13.7. The summed E-state index contributed by atoms with van der Waals surface area (Å²) >= 11 is 0. The lowest BCUT2D eigenvalue weighted by molar-refractivity contribution is -0.126. The van der Waals surface area contributed by atoms with E-state index in [0.717, 1.165) is 29.4 Å². The SMILES string of the molecule is C=CC(=O)N(C(=O)C1CCNC1)c1cc(F)cc(CNc2nc(NC3CCOCC3)nc3c(C(C)C)cnn23)c1. The van der Waals surface area contributed by atoms with E-state index in [1.807, 2.05) is 0 Å². The Morgan fingerprint density at radius 3 is 2.75 bits per heavy atom. The van der Waals surface area contributed by atoms with Crippen LogP contribution in [0, 0.1) is 11.7 Å². The Bertz CT molecular complexity index is 1400. The molecule has 1 aromatic carbocycles. The van der Waals surface area contributed by atoms with Crippen LogP contribution in [-0.4, -0.2) is 63.7 Å². The smallest absolute Gasteiger partial charge is 0.257 e. The van der Waals surface area contributed by atoms with Gasteiger partial charge in [-0.15, -0.1) is 0 Å². The Kier molecular flexibility index (Phi) is 8.36. The van der Waals surface area contributed by atoms with Crippen molar-refractivity contribution >= 4 is 35.0 Å². The molecule has 0 saturated carbocycles. The van der Waals surface area contributed by atoms with Crippen molar-refractivity contribution in [1.82, 2.24) is 24.9 Å². The predicted octanol–water partition coefficient (Wildman–Crippen LogP) is 3.24. The van der Waals surface area contributed by atoms with Gasteiger partial charge in [0.25, 0.3) is 5.91 Å². The number of hydrogen-bond donors (Lipinski definition) is 3. The number of nitrogens with zero attached hydrogens (tertiary/aromatic N) is 5. The lowest BCUT2D eigenvalue weighted by atomic mass is 10.1. The largest absolute Gasteiger partial charge is 0.381 e. The Morgan fingerprint density at radius 1 is 1.25 bits per heavy atom. The molecule has 2 aliphatic rings. The van der Waals surface area contributed by atoms with Crippen molar-refractivity contribution in [3.63, 3.8) is 0 Å². The normalized spacial score (nSPS) is 17.8. The highest BCUT2D eigenvalue weighted by Crippen LogP contribution is 2.26. The minimum atomic E-state index is -0.597. The molecule has 1 atom stereocenters. The van der Waals surface area contributed by atoms with Crippen molar-refractivity contribution in [3.05, 3.63) is 54.0 Å². The van der Waals surface area contributed by atoms with Gasteiger partial charge in [-0.2, -0.15) is 19.6 Å². The van der Waals surface area contributed by atoms with Crippen LogP contribution in [0.4, 0.5) is 22.0 Å². The maximum absolute atomic E-state index is 14.8. The Labute approximate surface area is 232 Å². The summed E-state index contributed by atoms with van der Waals surface area (Å²) in [6.45, 7) is 10.4. The van der Waals surface area contributed by atoms with Crippen molar-refractivity contribution in [2.75, 3.05) is 41.8 Å². The van der Waals surface area contributed by atoms with Gasteiger partial charge in [0.1, 0.15) is 5.82 Å². The number of benzene rings is 1. The van der Waals surface area contributed by atoms with E-state index in [2.05, 4.69) is 46.5 Å². The number of ether oxygens (including phenoxy) is 1. The zero-order chi connectivity index (χ0) is 28.2. The summed E-state index contributed by atoms with van der Waals surface area (Å²) in [4.78, 5) is 36.3. The summed E-state index contributed by atoms with van der Waals surface area (Å²) in [7, 11) is 0. The second-order valence-corrected chi connectivity index (χ2v) is 10.5. The molecule has 0 aliphatic carbocycles. The van der Waals surface area contributed by atoms with Gasteiger partial charge in [0, 0.05) is 37.9 Å². The van der Waals surface area contributed by atoms with Gasteiger partial charge in [-0.25, -0.2) is 9.29 Å². The fraction of sp³-hybridized carbons (Fsp3) is 0.464. The molecule has 2 aliphatic heterocycles. The fourth-order valence-corrected chi connectivity index (χ4v) is 5.05. The van der Waals surface area contributed by atoms with E-state index >= 15 is 0 Å². The quantitative estimate of drug-likeness (QED) is 0.344. The van der Waals surface area contributed by atoms with Crippen LogP contribution in [0.3, 0.4) is 0 Å². The summed E-state index contributed by atoms with van der Waals surface area (Å²) in [6.07, 6.45) is 5.17. The first-order chi connectivity index (χ1) is 19.3. The number of anilines is 3. The highest BCUT2D eigenvalue weighted by molar-refractivity contribution is 6.19.